The Morgan fingerprint density at radius 2 is 1.97 bits per heavy atom. The molecule has 0 aromatic heterocycles. The molecule has 0 aliphatic carbocycles. The van der Waals surface area contributed by atoms with Crippen molar-refractivity contribution in [1.82, 2.24) is 10.2 Å². The normalized spacial score (nSPS) is 18.1. The van der Waals surface area contributed by atoms with Crippen molar-refractivity contribution in [2.24, 2.45) is 0 Å². The molecule has 2 aliphatic rings. The topological polar surface area (TPSA) is 87.7 Å². The van der Waals surface area contributed by atoms with Crippen LogP contribution in [0.5, 0.6) is 0 Å². The Hall–Kier alpha value is -3.32. The van der Waals surface area contributed by atoms with E-state index in [-0.39, 0.29) is 19.1 Å². The monoisotopic (exact) mass is 425 g/mol. The summed E-state index contributed by atoms with van der Waals surface area (Å²) >= 11 is 6.27. The van der Waals surface area contributed by atoms with Crippen molar-refractivity contribution in [1.29, 1.82) is 0 Å². The molecule has 2 aromatic carbocycles. The molecule has 0 fully saturated rings. The van der Waals surface area contributed by atoms with Crippen molar-refractivity contribution in [2.45, 2.75) is 19.9 Å². The number of anilines is 1. The standard InChI is InChI=1S/C22H20ClN3O4/c1-12-7-8-14(9-13(12)2)24-18(27)10-26-17-11-30-21(28)19(17)20(25-22(26)29)15-5-3-4-6-16(15)23/h3-9,20H,10-11H2,1-2H3,(H,24,27)(H,25,29)/t20-/m0/s1. The number of hydrogen-bond donors (Lipinski definition) is 2. The van der Waals surface area contributed by atoms with Crippen LogP contribution in [0.3, 0.4) is 0 Å². The first kappa shape index (κ1) is 20.0. The summed E-state index contributed by atoms with van der Waals surface area (Å²) in [7, 11) is 0. The number of rotatable bonds is 4. The highest BCUT2D eigenvalue weighted by atomic mass is 35.5. The van der Waals surface area contributed by atoms with E-state index in [2.05, 4.69) is 10.6 Å². The first-order valence-corrected chi connectivity index (χ1v) is 9.82. The van der Waals surface area contributed by atoms with Crippen LogP contribution in [0.1, 0.15) is 22.7 Å². The van der Waals surface area contributed by atoms with Crippen LogP contribution in [0.25, 0.3) is 0 Å². The van der Waals surface area contributed by atoms with Crippen molar-refractivity contribution in [2.75, 3.05) is 18.5 Å². The molecule has 0 saturated heterocycles. The van der Waals surface area contributed by atoms with Crippen LogP contribution in [-0.4, -0.2) is 36.0 Å². The zero-order chi connectivity index (χ0) is 21.4. The van der Waals surface area contributed by atoms with E-state index in [9.17, 15) is 14.4 Å². The molecule has 2 heterocycles. The summed E-state index contributed by atoms with van der Waals surface area (Å²) < 4.78 is 5.18. The molecule has 2 aromatic rings. The molecule has 3 amide bonds. The van der Waals surface area contributed by atoms with Gasteiger partial charge in [-0.2, -0.15) is 0 Å². The molecule has 1 atom stereocenters. The number of aryl methyl sites for hydroxylation is 2. The van der Waals surface area contributed by atoms with Crippen molar-refractivity contribution in [3.63, 3.8) is 0 Å². The summed E-state index contributed by atoms with van der Waals surface area (Å²) in [5.74, 6) is -0.912. The van der Waals surface area contributed by atoms with Crippen LogP contribution in [0, 0.1) is 13.8 Å². The van der Waals surface area contributed by atoms with Gasteiger partial charge >= 0.3 is 12.0 Å². The summed E-state index contributed by atoms with van der Waals surface area (Å²) in [6, 6.07) is 11.3. The zero-order valence-electron chi connectivity index (χ0n) is 16.5. The Bertz CT molecular complexity index is 1100. The SMILES string of the molecule is Cc1ccc(NC(=O)CN2C(=O)N[C@@H](c3ccccc3Cl)C3=C2COC3=O)cc1C. The summed E-state index contributed by atoms with van der Waals surface area (Å²) in [4.78, 5) is 39.1. The van der Waals surface area contributed by atoms with E-state index in [0.29, 0.717) is 27.5 Å². The van der Waals surface area contributed by atoms with Crippen molar-refractivity contribution in [3.8, 4) is 0 Å². The quantitative estimate of drug-likeness (QED) is 0.734. The minimum absolute atomic E-state index is 0.0700. The molecule has 0 spiro atoms. The Morgan fingerprint density at radius 3 is 2.70 bits per heavy atom. The lowest BCUT2D eigenvalue weighted by atomic mass is 9.95. The van der Waals surface area contributed by atoms with E-state index in [4.69, 9.17) is 16.3 Å². The fraction of sp³-hybridized carbons (Fsp3) is 0.227. The molecule has 30 heavy (non-hydrogen) atoms. The fourth-order valence-electron chi connectivity index (χ4n) is 3.58. The second-order valence-electron chi connectivity index (χ2n) is 7.27. The summed E-state index contributed by atoms with van der Waals surface area (Å²) in [5, 5.41) is 5.99. The molecule has 0 radical (unpaired) electrons. The molecule has 4 rings (SSSR count). The number of urea groups is 1. The third-order valence-corrected chi connectivity index (χ3v) is 5.65. The average Bonchev–Trinajstić information content (AvgIpc) is 3.09. The van der Waals surface area contributed by atoms with E-state index in [1.54, 1.807) is 30.3 Å². The molecular formula is C22H20ClN3O4. The Kier molecular flexibility index (Phi) is 5.22. The molecule has 2 N–H and O–H groups in total. The summed E-state index contributed by atoms with van der Waals surface area (Å²) in [6.07, 6.45) is 0. The highest BCUT2D eigenvalue weighted by Crippen LogP contribution is 2.37. The van der Waals surface area contributed by atoms with Crippen molar-refractivity contribution >= 4 is 35.2 Å². The van der Waals surface area contributed by atoms with Crippen molar-refractivity contribution < 1.29 is 19.1 Å². The minimum atomic E-state index is -0.727. The maximum atomic E-state index is 12.8. The number of cyclic esters (lactones) is 1. The van der Waals surface area contributed by atoms with Gasteiger partial charge in [-0.05, 0) is 48.7 Å². The number of benzene rings is 2. The highest BCUT2D eigenvalue weighted by Gasteiger charge is 2.43. The van der Waals surface area contributed by atoms with E-state index < -0.39 is 18.0 Å². The molecule has 0 saturated carbocycles. The molecule has 2 aliphatic heterocycles. The van der Waals surface area contributed by atoms with Crippen LogP contribution in [-0.2, 0) is 14.3 Å². The minimum Gasteiger partial charge on any atom is -0.456 e. The molecule has 0 bridgehead atoms. The van der Waals surface area contributed by atoms with Gasteiger partial charge < -0.3 is 15.4 Å². The average molecular weight is 426 g/mol. The molecule has 154 valence electrons. The maximum Gasteiger partial charge on any atom is 0.338 e. The summed E-state index contributed by atoms with van der Waals surface area (Å²) in [5.41, 5.74) is 4.07. The van der Waals surface area contributed by atoms with E-state index in [1.165, 1.54) is 4.90 Å². The maximum absolute atomic E-state index is 12.8. The van der Waals surface area contributed by atoms with Crippen LogP contribution in [0.15, 0.2) is 53.7 Å². The number of esters is 1. The Balaban J connectivity index is 1.60. The first-order valence-electron chi connectivity index (χ1n) is 9.45. The molecular weight excluding hydrogens is 406 g/mol. The zero-order valence-corrected chi connectivity index (χ0v) is 17.2. The number of nitrogens with zero attached hydrogens (tertiary/aromatic N) is 1. The van der Waals surface area contributed by atoms with Gasteiger partial charge in [0.2, 0.25) is 5.91 Å². The number of carbonyl (C=O) groups excluding carboxylic acids is 3. The predicted molar refractivity (Wildman–Crippen MR) is 112 cm³/mol. The number of amides is 3. The number of hydrogen-bond acceptors (Lipinski definition) is 4. The van der Waals surface area contributed by atoms with Gasteiger partial charge in [0, 0.05) is 10.7 Å². The number of halogens is 1. The first-order chi connectivity index (χ1) is 14.3. The van der Waals surface area contributed by atoms with E-state index in [0.717, 1.165) is 11.1 Å². The second-order valence-corrected chi connectivity index (χ2v) is 7.68. The molecule has 7 nitrogen and oxygen atoms in total. The molecule has 8 heteroatoms. The lowest BCUT2D eigenvalue weighted by Crippen LogP contribution is -2.49. The fourth-order valence-corrected chi connectivity index (χ4v) is 3.83. The van der Waals surface area contributed by atoms with Gasteiger partial charge in [0.1, 0.15) is 13.2 Å². The van der Waals surface area contributed by atoms with Crippen LogP contribution >= 0.6 is 11.6 Å². The van der Waals surface area contributed by atoms with Gasteiger partial charge in [-0.3, -0.25) is 9.69 Å². The van der Waals surface area contributed by atoms with Gasteiger partial charge in [-0.1, -0.05) is 35.9 Å². The van der Waals surface area contributed by atoms with Crippen molar-refractivity contribution in [3.05, 3.63) is 75.4 Å². The van der Waals surface area contributed by atoms with Gasteiger partial charge in [0.15, 0.2) is 0 Å². The predicted octanol–water partition coefficient (Wildman–Crippen LogP) is 3.47. The van der Waals surface area contributed by atoms with Crippen LogP contribution in [0.2, 0.25) is 5.02 Å². The number of nitrogens with one attached hydrogen (secondary N) is 2. The third-order valence-electron chi connectivity index (χ3n) is 5.31. The van der Waals surface area contributed by atoms with E-state index >= 15 is 0 Å². The largest absolute Gasteiger partial charge is 0.456 e. The Labute approximate surface area is 178 Å². The third kappa shape index (κ3) is 3.64. The lowest BCUT2D eigenvalue weighted by molar-refractivity contribution is -0.136. The highest BCUT2D eigenvalue weighted by molar-refractivity contribution is 6.31. The molecule has 0 unspecified atom stereocenters. The van der Waals surface area contributed by atoms with Crippen LogP contribution < -0.4 is 10.6 Å². The summed E-state index contributed by atoms with van der Waals surface area (Å²) in [6.45, 7) is 3.62. The van der Waals surface area contributed by atoms with E-state index in [1.807, 2.05) is 26.0 Å². The second kappa shape index (κ2) is 7.84. The number of ether oxygens (including phenoxy) is 1. The van der Waals surface area contributed by atoms with Gasteiger partial charge in [0.25, 0.3) is 0 Å². The van der Waals surface area contributed by atoms with Crippen LogP contribution in [0.4, 0.5) is 10.5 Å². The lowest BCUT2D eigenvalue weighted by Gasteiger charge is -2.32. The van der Waals surface area contributed by atoms with Gasteiger partial charge in [-0.15, -0.1) is 0 Å². The smallest absolute Gasteiger partial charge is 0.338 e. The Morgan fingerprint density at radius 1 is 1.20 bits per heavy atom. The van der Waals surface area contributed by atoms with Gasteiger partial charge in [0.05, 0.1) is 17.3 Å². The number of carbonyl (C=O) groups is 3. The van der Waals surface area contributed by atoms with Gasteiger partial charge in [-0.25, -0.2) is 9.59 Å².